The molecule has 1 fully saturated rings. The Morgan fingerprint density at radius 2 is 2.11 bits per heavy atom. The number of pyridine rings is 1. The van der Waals surface area contributed by atoms with Gasteiger partial charge in [0.2, 0.25) is 0 Å². The summed E-state index contributed by atoms with van der Waals surface area (Å²) in [5.74, 6) is -0.0219. The molecule has 1 aliphatic rings. The quantitative estimate of drug-likeness (QED) is 0.890. The van der Waals surface area contributed by atoms with E-state index in [1.807, 2.05) is 30.3 Å². The maximum atomic E-state index is 12.5. The average molecular weight is 255 g/mol. The zero-order valence-corrected chi connectivity index (χ0v) is 11.0. The number of amides is 1. The number of carbonyl (C=O) groups excluding carboxylic acids is 1. The molecule has 0 saturated carbocycles. The van der Waals surface area contributed by atoms with Gasteiger partial charge in [-0.05, 0) is 17.9 Å². The zero-order chi connectivity index (χ0) is 13.5. The highest BCUT2D eigenvalue weighted by Crippen LogP contribution is 2.25. The monoisotopic (exact) mass is 255 g/mol. The van der Waals surface area contributed by atoms with Gasteiger partial charge in [-0.15, -0.1) is 0 Å². The van der Waals surface area contributed by atoms with E-state index >= 15 is 0 Å². The van der Waals surface area contributed by atoms with Crippen molar-refractivity contribution in [3.8, 4) is 0 Å². The number of hydrogen-bond donors (Lipinski definition) is 1. The molecule has 4 heteroatoms. The summed E-state index contributed by atoms with van der Waals surface area (Å²) in [6, 6.07) is 9.73. The van der Waals surface area contributed by atoms with Crippen LogP contribution >= 0.6 is 0 Å². The molecule has 1 aromatic heterocycles. The number of fused-ring (bicyclic) bond motifs is 1. The first-order chi connectivity index (χ1) is 9.13. The van der Waals surface area contributed by atoms with Gasteiger partial charge in [0.25, 0.3) is 5.91 Å². The van der Waals surface area contributed by atoms with E-state index in [-0.39, 0.29) is 11.4 Å². The Morgan fingerprint density at radius 1 is 1.37 bits per heavy atom. The van der Waals surface area contributed by atoms with Gasteiger partial charge >= 0.3 is 0 Å². The van der Waals surface area contributed by atoms with E-state index < -0.39 is 0 Å². The van der Waals surface area contributed by atoms with Crippen LogP contribution in [0, 0.1) is 0 Å². The first-order valence-corrected chi connectivity index (χ1v) is 6.55. The maximum absolute atomic E-state index is 12.5. The lowest BCUT2D eigenvalue weighted by atomic mass is 9.88. The van der Waals surface area contributed by atoms with Crippen molar-refractivity contribution in [3.63, 3.8) is 0 Å². The highest BCUT2D eigenvalue weighted by Gasteiger charge is 2.41. The lowest BCUT2D eigenvalue weighted by Crippen LogP contribution is -2.68. The van der Waals surface area contributed by atoms with Gasteiger partial charge < -0.3 is 10.6 Å². The second-order valence-corrected chi connectivity index (χ2v) is 5.26. The van der Waals surface area contributed by atoms with E-state index in [1.165, 1.54) is 0 Å². The molecule has 1 saturated heterocycles. The molecule has 0 aliphatic carbocycles. The highest BCUT2D eigenvalue weighted by molar-refractivity contribution is 6.05. The van der Waals surface area contributed by atoms with Crippen LogP contribution in [0.4, 0.5) is 0 Å². The van der Waals surface area contributed by atoms with Gasteiger partial charge in [0.1, 0.15) is 5.69 Å². The Bertz CT molecular complexity index is 627. The molecule has 1 amide bonds. The minimum absolute atomic E-state index is 0.0219. The van der Waals surface area contributed by atoms with Crippen LogP contribution in [0.5, 0.6) is 0 Å². The van der Waals surface area contributed by atoms with Crippen LogP contribution in [0.25, 0.3) is 10.8 Å². The van der Waals surface area contributed by atoms with Crippen molar-refractivity contribution in [2.45, 2.75) is 18.9 Å². The third kappa shape index (κ3) is 1.98. The van der Waals surface area contributed by atoms with Crippen molar-refractivity contribution in [2.24, 2.45) is 5.73 Å². The number of nitrogens with two attached hydrogens (primary N) is 1. The van der Waals surface area contributed by atoms with Gasteiger partial charge in [-0.3, -0.25) is 9.78 Å². The zero-order valence-electron chi connectivity index (χ0n) is 11.0. The summed E-state index contributed by atoms with van der Waals surface area (Å²) >= 11 is 0. The van der Waals surface area contributed by atoms with Crippen LogP contribution in [0.1, 0.15) is 23.8 Å². The molecule has 3 rings (SSSR count). The molecule has 0 radical (unpaired) electrons. The lowest BCUT2D eigenvalue weighted by Gasteiger charge is -2.47. The SMILES string of the molecule is CCC1(N)CN(C(=O)c2nccc3ccccc23)C1. The van der Waals surface area contributed by atoms with E-state index in [4.69, 9.17) is 5.73 Å². The maximum Gasteiger partial charge on any atom is 0.273 e. The van der Waals surface area contributed by atoms with Crippen LogP contribution in [0.15, 0.2) is 36.5 Å². The van der Waals surface area contributed by atoms with E-state index in [9.17, 15) is 4.79 Å². The fraction of sp³-hybridized carbons (Fsp3) is 0.333. The Balaban J connectivity index is 1.91. The largest absolute Gasteiger partial charge is 0.333 e. The van der Waals surface area contributed by atoms with E-state index in [1.54, 1.807) is 11.1 Å². The van der Waals surface area contributed by atoms with Gasteiger partial charge in [-0.25, -0.2) is 0 Å². The minimum atomic E-state index is -0.208. The number of aromatic nitrogens is 1. The third-order valence-electron chi connectivity index (χ3n) is 3.88. The summed E-state index contributed by atoms with van der Waals surface area (Å²) in [4.78, 5) is 18.5. The summed E-state index contributed by atoms with van der Waals surface area (Å²) in [5, 5.41) is 1.94. The topological polar surface area (TPSA) is 59.2 Å². The molecule has 2 N–H and O–H groups in total. The predicted molar refractivity (Wildman–Crippen MR) is 74.9 cm³/mol. The molecule has 4 nitrogen and oxygen atoms in total. The van der Waals surface area contributed by atoms with Crippen molar-refractivity contribution in [1.82, 2.24) is 9.88 Å². The van der Waals surface area contributed by atoms with Crippen molar-refractivity contribution in [3.05, 3.63) is 42.2 Å². The van der Waals surface area contributed by atoms with E-state index in [0.29, 0.717) is 18.8 Å². The number of nitrogens with zero attached hydrogens (tertiary/aromatic N) is 2. The van der Waals surface area contributed by atoms with Gasteiger partial charge in [0.15, 0.2) is 0 Å². The van der Waals surface area contributed by atoms with Crippen molar-refractivity contribution < 1.29 is 4.79 Å². The van der Waals surface area contributed by atoms with Crippen LogP contribution < -0.4 is 5.73 Å². The van der Waals surface area contributed by atoms with Gasteiger partial charge in [0.05, 0.1) is 5.54 Å². The third-order valence-corrected chi connectivity index (χ3v) is 3.88. The Kier molecular flexibility index (Phi) is 2.75. The predicted octanol–water partition coefficient (Wildman–Crippen LogP) is 1.80. The molecule has 0 spiro atoms. The Labute approximate surface area is 112 Å². The Morgan fingerprint density at radius 3 is 2.84 bits per heavy atom. The highest BCUT2D eigenvalue weighted by atomic mass is 16.2. The normalized spacial score (nSPS) is 17.3. The minimum Gasteiger partial charge on any atom is -0.333 e. The van der Waals surface area contributed by atoms with Gasteiger partial charge in [0, 0.05) is 24.7 Å². The molecule has 0 bridgehead atoms. The Hall–Kier alpha value is -1.94. The standard InChI is InChI=1S/C15H17N3O/c1-2-15(16)9-18(10-15)14(19)13-12-6-4-3-5-11(12)7-8-17-13/h3-8H,2,9-10,16H2,1H3. The molecule has 1 aliphatic heterocycles. The summed E-state index contributed by atoms with van der Waals surface area (Å²) in [6.45, 7) is 3.29. The fourth-order valence-electron chi connectivity index (χ4n) is 2.52. The summed E-state index contributed by atoms with van der Waals surface area (Å²) in [5.41, 5.74) is 6.42. The van der Waals surface area contributed by atoms with Gasteiger partial charge in [-0.1, -0.05) is 31.2 Å². The molecule has 98 valence electrons. The first kappa shape index (κ1) is 12.1. The number of likely N-dealkylation sites (tertiary alicyclic amines) is 1. The van der Waals surface area contributed by atoms with Crippen molar-refractivity contribution in [1.29, 1.82) is 0 Å². The van der Waals surface area contributed by atoms with Gasteiger partial charge in [-0.2, -0.15) is 0 Å². The average Bonchev–Trinajstić information content (AvgIpc) is 2.42. The number of benzene rings is 1. The van der Waals surface area contributed by atoms with Crippen LogP contribution in [-0.4, -0.2) is 34.4 Å². The molecule has 2 aromatic rings. The van der Waals surface area contributed by atoms with Crippen molar-refractivity contribution >= 4 is 16.7 Å². The first-order valence-electron chi connectivity index (χ1n) is 6.55. The lowest BCUT2D eigenvalue weighted by molar-refractivity contribution is 0.0398. The molecular weight excluding hydrogens is 238 g/mol. The molecule has 2 heterocycles. The number of hydrogen-bond acceptors (Lipinski definition) is 3. The van der Waals surface area contributed by atoms with E-state index in [0.717, 1.165) is 17.2 Å². The summed E-state index contributed by atoms with van der Waals surface area (Å²) in [7, 11) is 0. The number of rotatable bonds is 2. The van der Waals surface area contributed by atoms with Crippen LogP contribution in [0.2, 0.25) is 0 Å². The van der Waals surface area contributed by atoms with Crippen molar-refractivity contribution in [2.75, 3.05) is 13.1 Å². The fourth-order valence-corrected chi connectivity index (χ4v) is 2.52. The van der Waals surface area contributed by atoms with E-state index in [2.05, 4.69) is 11.9 Å². The van der Waals surface area contributed by atoms with Crippen LogP contribution in [-0.2, 0) is 0 Å². The van der Waals surface area contributed by atoms with Crippen LogP contribution in [0.3, 0.4) is 0 Å². The molecular formula is C15H17N3O. The molecule has 0 unspecified atom stereocenters. The second kappa shape index (κ2) is 4.31. The molecule has 1 aromatic carbocycles. The smallest absolute Gasteiger partial charge is 0.273 e. The second-order valence-electron chi connectivity index (χ2n) is 5.26. The summed E-state index contributed by atoms with van der Waals surface area (Å²) < 4.78 is 0. The molecule has 19 heavy (non-hydrogen) atoms. The number of carbonyl (C=O) groups is 1. The molecule has 0 atom stereocenters. The summed E-state index contributed by atoms with van der Waals surface area (Å²) in [6.07, 6.45) is 2.57.